The lowest BCUT2D eigenvalue weighted by atomic mass is 10.2. The van der Waals surface area contributed by atoms with Gasteiger partial charge in [0.1, 0.15) is 21.4 Å². The van der Waals surface area contributed by atoms with Crippen LogP contribution < -0.4 is 0 Å². The number of rotatable bonds is 4. The molecule has 1 aromatic carbocycles. The van der Waals surface area contributed by atoms with Gasteiger partial charge in [-0.3, -0.25) is 4.68 Å². The molecule has 0 amide bonds. The van der Waals surface area contributed by atoms with Gasteiger partial charge in [0.05, 0.1) is 12.2 Å². The third-order valence-corrected chi connectivity index (χ3v) is 4.60. The van der Waals surface area contributed by atoms with E-state index in [2.05, 4.69) is 10.1 Å². The van der Waals surface area contributed by atoms with Crippen LogP contribution in [0.3, 0.4) is 0 Å². The molecule has 0 spiro atoms. The van der Waals surface area contributed by atoms with Crippen molar-refractivity contribution >= 4 is 28.9 Å². The second-order valence-corrected chi connectivity index (χ2v) is 6.31. The number of halogens is 2. The van der Waals surface area contributed by atoms with E-state index in [0.717, 1.165) is 11.3 Å². The molecule has 0 aliphatic rings. The summed E-state index contributed by atoms with van der Waals surface area (Å²) in [4.78, 5) is 15.5. The van der Waals surface area contributed by atoms with Crippen LogP contribution in [0.25, 0.3) is 10.7 Å². The van der Waals surface area contributed by atoms with Crippen molar-refractivity contribution in [3.8, 4) is 10.7 Å². The molecular weight excluding hydrogens is 341 g/mol. The number of aryl methyl sites for hydroxylation is 1. The Hall–Kier alpha value is -2.25. The number of aromatic carboxylic acids is 1. The molecule has 8 heteroatoms. The van der Waals surface area contributed by atoms with Crippen molar-refractivity contribution in [2.24, 2.45) is 0 Å². The van der Waals surface area contributed by atoms with Crippen molar-refractivity contribution in [1.82, 2.24) is 14.8 Å². The Labute approximate surface area is 140 Å². The summed E-state index contributed by atoms with van der Waals surface area (Å²) in [5.74, 6) is -1.40. The minimum Gasteiger partial charge on any atom is -0.477 e. The largest absolute Gasteiger partial charge is 0.477 e. The molecule has 23 heavy (non-hydrogen) atoms. The zero-order valence-corrected chi connectivity index (χ0v) is 13.5. The standard InChI is InChI=1S/C15H11ClFN3O2S/c1-8-13(15(21)22)23-14(18-8)12-4-5-20(19-12)7-9-2-3-10(16)6-11(9)17/h2-6H,7H2,1H3,(H,21,22). The van der Waals surface area contributed by atoms with Crippen molar-refractivity contribution < 1.29 is 14.3 Å². The van der Waals surface area contributed by atoms with Crippen molar-refractivity contribution in [3.05, 3.63) is 57.4 Å². The van der Waals surface area contributed by atoms with Crippen LogP contribution in [0, 0.1) is 12.7 Å². The highest BCUT2D eigenvalue weighted by Crippen LogP contribution is 2.26. The van der Waals surface area contributed by atoms with Gasteiger partial charge in [0.15, 0.2) is 0 Å². The molecular formula is C15H11ClFN3O2S. The molecule has 0 aliphatic carbocycles. The maximum atomic E-state index is 13.8. The molecule has 118 valence electrons. The summed E-state index contributed by atoms with van der Waals surface area (Å²) in [5.41, 5.74) is 1.47. The first-order valence-electron chi connectivity index (χ1n) is 6.62. The van der Waals surface area contributed by atoms with E-state index in [1.54, 1.807) is 36.0 Å². The second kappa shape index (κ2) is 6.10. The fourth-order valence-electron chi connectivity index (χ4n) is 2.09. The van der Waals surface area contributed by atoms with Crippen LogP contribution in [0.2, 0.25) is 5.02 Å². The number of hydrogen-bond acceptors (Lipinski definition) is 4. The molecule has 0 saturated heterocycles. The smallest absolute Gasteiger partial charge is 0.347 e. The molecule has 0 saturated carbocycles. The summed E-state index contributed by atoms with van der Waals surface area (Å²) < 4.78 is 15.4. The van der Waals surface area contributed by atoms with Gasteiger partial charge >= 0.3 is 5.97 Å². The van der Waals surface area contributed by atoms with Gasteiger partial charge in [0.25, 0.3) is 0 Å². The maximum absolute atomic E-state index is 13.8. The lowest BCUT2D eigenvalue weighted by molar-refractivity contribution is 0.0701. The van der Waals surface area contributed by atoms with Gasteiger partial charge in [-0.05, 0) is 25.1 Å². The highest BCUT2D eigenvalue weighted by molar-refractivity contribution is 7.17. The number of aromatic nitrogens is 3. The number of benzene rings is 1. The Morgan fingerprint density at radius 1 is 1.43 bits per heavy atom. The van der Waals surface area contributed by atoms with Gasteiger partial charge < -0.3 is 5.11 Å². The van der Waals surface area contributed by atoms with E-state index in [4.69, 9.17) is 16.7 Å². The van der Waals surface area contributed by atoms with Gasteiger partial charge in [-0.15, -0.1) is 11.3 Å². The van der Waals surface area contributed by atoms with Crippen molar-refractivity contribution in [1.29, 1.82) is 0 Å². The number of nitrogens with zero attached hydrogens (tertiary/aromatic N) is 3. The number of carbonyl (C=O) groups is 1. The molecule has 1 N–H and O–H groups in total. The lowest BCUT2D eigenvalue weighted by Gasteiger charge is -2.03. The summed E-state index contributed by atoms with van der Waals surface area (Å²) in [6, 6.07) is 6.20. The molecule has 2 heterocycles. The summed E-state index contributed by atoms with van der Waals surface area (Å²) in [6.07, 6.45) is 1.69. The predicted molar refractivity (Wildman–Crippen MR) is 85.5 cm³/mol. The van der Waals surface area contributed by atoms with Gasteiger partial charge in [0, 0.05) is 16.8 Å². The van der Waals surface area contributed by atoms with Crippen molar-refractivity contribution in [3.63, 3.8) is 0 Å². The fourth-order valence-corrected chi connectivity index (χ4v) is 3.12. The first-order chi connectivity index (χ1) is 10.9. The van der Waals surface area contributed by atoms with Gasteiger partial charge in [-0.25, -0.2) is 14.2 Å². The average Bonchev–Trinajstić information content (AvgIpc) is 3.08. The Morgan fingerprint density at radius 3 is 2.87 bits per heavy atom. The predicted octanol–water partition coefficient (Wildman–Crippen LogP) is 3.85. The first-order valence-corrected chi connectivity index (χ1v) is 7.82. The van der Waals surface area contributed by atoms with E-state index in [0.29, 0.717) is 27.0 Å². The summed E-state index contributed by atoms with van der Waals surface area (Å²) in [6.45, 7) is 1.89. The molecule has 0 unspecified atom stereocenters. The molecule has 0 atom stereocenters. The molecule has 0 aliphatic heterocycles. The van der Waals surface area contributed by atoms with Crippen LogP contribution in [0.4, 0.5) is 4.39 Å². The molecule has 3 aromatic rings. The van der Waals surface area contributed by atoms with Crippen LogP contribution in [0.5, 0.6) is 0 Å². The quantitative estimate of drug-likeness (QED) is 0.775. The van der Waals surface area contributed by atoms with E-state index >= 15 is 0 Å². The maximum Gasteiger partial charge on any atom is 0.347 e. The fraction of sp³-hybridized carbons (Fsp3) is 0.133. The number of carboxylic acid groups (broad SMARTS) is 1. The minimum atomic E-state index is -1.01. The van der Waals surface area contributed by atoms with E-state index in [9.17, 15) is 9.18 Å². The highest BCUT2D eigenvalue weighted by atomic mass is 35.5. The Balaban J connectivity index is 1.86. The number of carboxylic acids is 1. The normalized spacial score (nSPS) is 10.9. The molecule has 2 aromatic heterocycles. The van der Waals surface area contributed by atoms with E-state index in [1.165, 1.54) is 6.07 Å². The monoisotopic (exact) mass is 351 g/mol. The SMILES string of the molecule is Cc1nc(-c2ccn(Cc3ccc(Cl)cc3F)n2)sc1C(=O)O. The summed E-state index contributed by atoms with van der Waals surface area (Å²) >= 11 is 6.80. The Kier molecular flexibility index (Phi) is 4.14. The van der Waals surface area contributed by atoms with Gasteiger partial charge in [-0.1, -0.05) is 17.7 Å². The zero-order valence-electron chi connectivity index (χ0n) is 12.0. The van der Waals surface area contributed by atoms with Crippen LogP contribution in [0.15, 0.2) is 30.5 Å². The average molecular weight is 352 g/mol. The van der Waals surface area contributed by atoms with Crippen molar-refractivity contribution in [2.75, 3.05) is 0 Å². The van der Waals surface area contributed by atoms with E-state index < -0.39 is 11.8 Å². The highest BCUT2D eigenvalue weighted by Gasteiger charge is 2.16. The molecule has 5 nitrogen and oxygen atoms in total. The summed E-state index contributed by atoms with van der Waals surface area (Å²) in [7, 11) is 0. The Morgan fingerprint density at radius 2 is 2.22 bits per heavy atom. The van der Waals surface area contributed by atoms with Gasteiger partial charge in [-0.2, -0.15) is 5.10 Å². The number of thiazole rings is 1. The van der Waals surface area contributed by atoms with Gasteiger partial charge in [0.2, 0.25) is 0 Å². The molecule has 0 radical (unpaired) electrons. The topological polar surface area (TPSA) is 68.0 Å². The number of hydrogen-bond donors (Lipinski definition) is 1. The zero-order chi connectivity index (χ0) is 16.6. The summed E-state index contributed by atoms with van der Waals surface area (Å²) in [5, 5.41) is 14.3. The molecule has 0 fully saturated rings. The minimum absolute atomic E-state index is 0.193. The lowest BCUT2D eigenvalue weighted by Crippen LogP contribution is -2.02. The van der Waals surface area contributed by atoms with E-state index in [-0.39, 0.29) is 11.4 Å². The molecule has 0 bridgehead atoms. The third-order valence-electron chi connectivity index (χ3n) is 3.20. The first kappa shape index (κ1) is 15.6. The second-order valence-electron chi connectivity index (χ2n) is 4.87. The van der Waals surface area contributed by atoms with Crippen LogP contribution >= 0.6 is 22.9 Å². The van der Waals surface area contributed by atoms with Crippen LogP contribution in [0.1, 0.15) is 20.9 Å². The Bertz CT molecular complexity index is 891. The van der Waals surface area contributed by atoms with E-state index in [1.807, 2.05) is 0 Å². The van der Waals surface area contributed by atoms with Crippen molar-refractivity contribution in [2.45, 2.75) is 13.5 Å². The van der Waals surface area contributed by atoms with Crippen LogP contribution in [-0.4, -0.2) is 25.8 Å². The molecule has 3 rings (SSSR count). The van der Waals surface area contributed by atoms with Crippen LogP contribution in [-0.2, 0) is 6.54 Å². The third kappa shape index (κ3) is 3.25.